The molecule has 1 amide bonds. The fourth-order valence-corrected chi connectivity index (χ4v) is 3.32. The summed E-state index contributed by atoms with van der Waals surface area (Å²) in [5, 5.41) is 5.48. The molecule has 0 spiro atoms. The van der Waals surface area contributed by atoms with Crippen molar-refractivity contribution < 1.29 is 4.79 Å². The van der Waals surface area contributed by atoms with Crippen LogP contribution in [0.1, 0.15) is 18.5 Å². The van der Waals surface area contributed by atoms with E-state index in [1.807, 2.05) is 23.7 Å². The highest BCUT2D eigenvalue weighted by Gasteiger charge is 2.26. The van der Waals surface area contributed by atoms with Crippen LogP contribution in [0, 0.1) is 5.92 Å². The van der Waals surface area contributed by atoms with Crippen LogP contribution in [0.4, 0.5) is 5.13 Å². The molecule has 1 aliphatic rings. The Kier molecular flexibility index (Phi) is 5.13. The van der Waals surface area contributed by atoms with Gasteiger partial charge in [-0.25, -0.2) is 4.98 Å². The van der Waals surface area contributed by atoms with Crippen LogP contribution in [0.3, 0.4) is 0 Å². The van der Waals surface area contributed by atoms with Gasteiger partial charge in [-0.2, -0.15) is 0 Å². The van der Waals surface area contributed by atoms with Crippen LogP contribution in [-0.2, 0) is 11.2 Å². The Hall–Kier alpha value is -1.79. The van der Waals surface area contributed by atoms with Crippen molar-refractivity contribution in [3.8, 4) is 0 Å². The first-order chi connectivity index (χ1) is 10.8. The maximum atomic E-state index is 12.3. The van der Waals surface area contributed by atoms with E-state index in [1.54, 1.807) is 6.20 Å². The van der Waals surface area contributed by atoms with Crippen LogP contribution >= 0.6 is 11.3 Å². The Morgan fingerprint density at radius 1 is 1.36 bits per heavy atom. The van der Waals surface area contributed by atoms with Crippen molar-refractivity contribution in [3.63, 3.8) is 0 Å². The molecule has 1 saturated heterocycles. The third-order valence-corrected chi connectivity index (χ3v) is 4.64. The second kappa shape index (κ2) is 7.47. The number of hydrogen-bond acceptors (Lipinski definition) is 5. The Bertz CT molecular complexity index is 587. The zero-order chi connectivity index (χ0) is 15.2. The molecule has 0 bridgehead atoms. The summed E-state index contributed by atoms with van der Waals surface area (Å²) >= 11 is 1.46. The van der Waals surface area contributed by atoms with Crippen molar-refractivity contribution in [1.29, 1.82) is 0 Å². The van der Waals surface area contributed by atoms with Crippen LogP contribution in [-0.4, -0.2) is 40.4 Å². The van der Waals surface area contributed by atoms with Crippen molar-refractivity contribution >= 4 is 22.4 Å². The molecular formula is C16H20N4OS. The lowest BCUT2D eigenvalue weighted by atomic mass is 9.97. The molecule has 5 nitrogen and oxygen atoms in total. The fourth-order valence-electron chi connectivity index (χ4n) is 2.78. The molecule has 1 fully saturated rings. The van der Waals surface area contributed by atoms with Crippen molar-refractivity contribution in [1.82, 2.24) is 14.9 Å². The summed E-state index contributed by atoms with van der Waals surface area (Å²) in [6.45, 7) is 2.84. The SMILES string of the molecule is O=C(Nc1nccs1)[C@H]1CCCN(CCc2ccccn2)C1. The average molecular weight is 316 g/mol. The zero-order valence-electron chi connectivity index (χ0n) is 12.4. The fraction of sp³-hybridized carbons (Fsp3) is 0.438. The number of aromatic nitrogens is 2. The Morgan fingerprint density at radius 3 is 3.09 bits per heavy atom. The summed E-state index contributed by atoms with van der Waals surface area (Å²) in [5.74, 6) is 0.152. The average Bonchev–Trinajstić information content (AvgIpc) is 3.07. The molecule has 116 valence electrons. The molecule has 3 heterocycles. The van der Waals surface area contributed by atoms with Gasteiger partial charge in [-0.3, -0.25) is 9.78 Å². The number of thiazole rings is 1. The van der Waals surface area contributed by atoms with Crippen LogP contribution in [0.2, 0.25) is 0 Å². The van der Waals surface area contributed by atoms with Crippen LogP contribution in [0.5, 0.6) is 0 Å². The predicted molar refractivity (Wildman–Crippen MR) is 87.8 cm³/mol. The molecule has 2 aromatic rings. The van der Waals surface area contributed by atoms with E-state index in [2.05, 4.69) is 26.3 Å². The van der Waals surface area contributed by atoms with Crippen LogP contribution in [0.15, 0.2) is 36.0 Å². The molecule has 0 aromatic carbocycles. The number of rotatable bonds is 5. The molecule has 1 N–H and O–H groups in total. The van der Waals surface area contributed by atoms with Gasteiger partial charge in [0, 0.05) is 43.0 Å². The summed E-state index contributed by atoms with van der Waals surface area (Å²) in [7, 11) is 0. The first kappa shape index (κ1) is 15.1. The standard InChI is InChI=1S/C16H20N4OS/c21-15(19-16-18-8-11-22-16)13-4-3-9-20(12-13)10-6-14-5-1-2-7-17-14/h1-2,5,7-8,11,13H,3-4,6,9-10,12H2,(H,18,19,21)/t13-/m0/s1. The highest BCUT2D eigenvalue weighted by atomic mass is 32.1. The van der Waals surface area contributed by atoms with E-state index in [-0.39, 0.29) is 11.8 Å². The second-order valence-corrected chi connectivity index (χ2v) is 6.43. The quantitative estimate of drug-likeness (QED) is 0.920. The number of nitrogens with zero attached hydrogens (tertiary/aromatic N) is 3. The molecule has 1 atom stereocenters. The topological polar surface area (TPSA) is 58.1 Å². The van der Waals surface area contributed by atoms with E-state index >= 15 is 0 Å². The van der Waals surface area contributed by atoms with Gasteiger partial charge in [0.1, 0.15) is 0 Å². The minimum Gasteiger partial charge on any atom is -0.302 e. The van der Waals surface area contributed by atoms with Gasteiger partial charge >= 0.3 is 0 Å². The molecule has 3 rings (SSSR count). The van der Waals surface area contributed by atoms with E-state index in [0.29, 0.717) is 5.13 Å². The molecule has 1 aliphatic heterocycles. The zero-order valence-corrected chi connectivity index (χ0v) is 13.3. The third kappa shape index (κ3) is 4.11. The minimum absolute atomic E-state index is 0.0568. The van der Waals surface area contributed by atoms with Crippen LogP contribution < -0.4 is 5.32 Å². The smallest absolute Gasteiger partial charge is 0.230 e. The van der Waals surface area contributed by atoms with Gasteiger partial charge in [0.25, 0.3) is 0 Å². The third-order valence-electron chi connectivity index (χ3n) is 3.95. The summed E-state index contributed by atoms with van der Waals surface area (Å²) < 4.78 is 0. The summed E-state index contributed by atoms with van der Waals surface area (Å²) in [6, 6.07) is 6.00. The second-order valence-electron chi connectivity index (χ2n) is 5.54. The Labute approximate surface area is 134 Å². The number of hydrogen-bond donors (Lipinski definition) is 1. The number of nitrogens with one attached hydrogen (secondary N) is 1. The van der Waals surface area contributed by atoms with E-state index in [0.717, 1.165) is 44.6 Å². The highest BCUT2D eigenvalue weighted by Crippen LogP contribution is 2.19. The van der Waals surface area contributed by atoms with Gasteiger partial charge in [-0.05, 0) is 31.5 Å². The maximum absolute atomic E-state index is 12.3. The summed E-state index contributed by atoms with van der Waals surface area (Å²) in [4.78, 5) is 23.1. The number of likely N-dealkylation sites (tertiary alicyclic amines) is 1. The lowest BCUT2D eigenvalue weighted by Crippen LogP contribution is -2.41. The van der Waals surface area contributed by atoms with Gasteiger partial charge in [-0.1, -0.05) is 6.07 Å². The molecule has 0 radical (unpaired) electrons. The van der Waals surface area contributed by atoms with Gasteiger partial charge in [0.05, 0.1) is 5.92 Å². The van der Waals surface area contributed by atoms with Gasteiger partial charge in [-0.15, -0.1) is 11.3 Å². The normalized spacial score (nSPS) is 19.0. The summed E-state index contributed by atoms with van der Waals surface area (Å²) in [6.07, 6.45) is 6.49. The van der Waals surface area contributed by atoms with Gasteiger partial charge in [0.15, 0.2) is 5.13 Å². The number of piperidine rings is 1. The Morgan fingerprint density at radius 2 is 2.32 bits per heavy atom. The van der Waals surface area contributed by atoms with Crippen LogP contribution in [0.25, 0.3) is 0 Å². The van der Waals surface area contributed by atoms with Crippen molar-refractivity contribution in [2.45, 2.75) is 19.3 Å². The predicted octanol–water partition coefficient (Wildman–Crippen LogP) is 2.43. The molecule has 0 aliphatic carbocycles. The van der Waals surface area contributed by atoms with Crippen molar-refractivity contribution in [2.75, 3.05) is 25.0 Å². The number of carbonyl (C=O) groups is 1. The minimum atomic E-state index is 0.0568. The van der Waals surface area contributed by atoms with E-state index < -0.39 is 0 Å². The maximum Gasteiger partial charge on any atom is 0.230 e. The molecule has 0 unspecified atom stereocenters. The lowest BCUT2D eigenvalue weighted by molar-refractivity contribution is -0.121. The molecular weight excluding hydrogens is 296 g/mol. The van der Waals surface area contributed by atoms with Gasteiger partial charge < -0.3 is 10.2 Å². The van der Waals surface area contributed by atoms with Crippen molar-refractivity contribution in [3.05, 3.63) is 41.7 Å². The first-order valence-electron chi connectivity index (χ1n) is 7.64. The number of carbonyl (C=O) groups excluding carboxylic acids is 1. The highest BCUT2D eigenvalue weighted by molar-refractivity contribution is 7.13. The molecule has 6 heteroatoms. The molecule has 2 aromatic heterocycles. The lowest BCUT2D eigenvalue weighted by Gasteiger charge is -2.31. The number of pyridine rings is 1. The van der Waals surface area contributed by atoms with E-state index in [4.69, 9.17) is 0 Å². The molecule has 0 saturated carbocycles. The summed E-state index contributed by atoms with van der Waals surface area (Å²) in [5.41, 5.74) is 1.11. The largest absolute Gasteiger partial charge is 0.302 e. The van der Waals surface area contributed by atoms with Crippen molar-refractivity contribution in [2.24, 2.45) is 5.92 Å². The van der Waals surface area contributed by atoms with E-state index in [9.17, 15) is 4.79 Å². The Balaban J connectivity index is 1.49. The molecule has 22 heavy (non-hydrogen) atoms. The number of anilines is 1. The number of amides is 1. The first-order valence-corrected chi connectivity index (χ1v) is 8.52. The monoisotopic (exact) mass is 316 g/mol. The van der Waals surface area contributed by atoms with Gasteiger partial charge in [0.2, 0.25) is 5.91 Å². The van der Waals surface area contributed by atoms with E-state index in [1.165, 1.54) is 11.3 Å².